The first-order valence-corrected chi connectivity index (χ1v) is 8.11. The molecule has 1 atom stereocenters. The summed E-state index contributed by atoms with van der Waals surface area (Å²) in [6.07, 6.45) is 0.0953. The number of para-hydroxylation sites is 1. The van der Waals surface area contributed by atoms with Gasteiger partial charge in [0.2, 0.25) is 0 Å². The second kappa shape index (κ2) is 5.97. The second-order valence-electron chi connectivity index (χ2n) is 4.86. The van der Waals surface area contributed by atoms with E-state index < -0.39 is 0 Å². The summed E-state index contributed by atoms with van der Waals surface area (Å²) in [6, 6.07) is 8.08. The smallest absolute Gasteiger partial charge is 0.168 e. The number of aromatic nitrogens is 2. The molecule has 0 aliphatic carbocycles. The average Bonchev–Trinajstić information content (AvgIpc) is 2.86. The van der Waals surface area contributed by atoms with Crippen LogP contribution in [0.4, 0.5) is 0 Å². The number of ether oxygens (including phenoxy) is 1. The molecule has 2 heterocycles. The first-order valence-electron chi connectivity index (χ1n) is 6.96. The first kappa shape index (κ1) is 13.6. The van der Waals surface area contributed by atoms with Crippen molar-refractivity contribution in [2.75, 3.05) is 18.1 Å². The number of aryl methyl sites for hydroxylation is 1. The Morgan fingerprint density at radius 1 is 1.50 bits per heavy atom. The predicted octanol–water partition coefficient (Wildman–Crippen LogP) is 2.30. The van der Waals surface area contributed by atoms with E-state index in [1.54, 1.807) is 11.8 Å². The van der Waals surface area contributed by atoms with Crippen molar-refractivity contribution in [1.82, 2.24) is 9.78 Å². The van der Waals surface area contributed by atoms with E-state index in [0.29, 0.717) is 13.0 Å². The van der Waals surface area contributed by atoms with Crippen LogP contribution < -0.4 is 0 Å². The summed E-state index contributed by atoms with van der Waals surface area (Å²) in [5.74, 6) is 1.89. The summed E-state index contributed by atoms with van der Waals surface area (Å²) in [7, 11) is 0. The van der Waals surface area contributed by atoms with Crippen LogP contribution in [0.1, 0.15) is 12.6 Å². The second-order valence-corrected chi connectivity index (χ2v) is 6.01. The van der Waals surface area contributed by atoms with Gasteiger partial charge >= 0.3 is 0 Å². The fraction of sp³-hybridized carbons (Fsp3) is 0.467. The molecule has 1 aromatic carbocycles. The average molecular weight is 290 g/mol. The minimum Gasteiger partial charge on any atom is -0.369 e. The summed E-state index contributed by atoms with van der Waals surface area (Å²) in [5.41, 5.74) is 1.96. The minimum absolute atomic E-state index is 0.142. The third kappa shape index (κ3) is 2.60. The molecule has 1 fully saturated rings. The number of carbonyl (C=O) groups is 1. The molecule has 0 radical (unpaired) electrons. The van der Waals surface area contributed by atoms with E-state index in [9.17, 15) is 4.79 Å². The fourth-order valence-electron chi connectivity index (χ4n) is 2.52. The van der Waals surface area contributed by atoms with E-state index in [4.69, 9.17) is 4.74 Å². The molecule has 0 saturated carbocycles. The standard InChI is InChI=1S/C15H18N2O2S/c1-2-17-13-6-4-3-5-11(13)12(16-17)9-14(18)15-10-20-8-7-19-15/h3-6,15H,2,7-10H2,1H3. The van der Waals surface area contributed by atoms with E-state index in [2.05, 4.69) is 12.0 Å². The normalized spacial score (nSPS) is 19.4. The monoisotopic (exact) mass is 290 g/mol. The maximum absolute atomic E-state index is 12.3. The van der Waals surface area contributed by atoms with Crippen molar-refractivity contribution >= 4 is 28.4 Å². The van der Waals surface area contributed by atoms with Crippen LogP contribution in [0, 0.1) is 0 Å². The van der Waals surface area contributed by atoms with Crippen LogP contribution in [0.25, 0.3) is 10.9 Å². The summed E-state index contributed by atoms with van der Waals surface area (Å²) in [4.78, 5) is 12.3. The lowest BCUT2D eigenvalue weighted by Gasteiger charge is -2.20. The quantitative estimate of drug-likeness (QED) is 0.866. The molecule has 2 aromatic rings. The van der Waals surface area contributed by atoms with E-state index in [-0.39, 0.29) is 11.9 Å². The zero-order valence-corrected chi connectivity index (χ0v) is 12.4. The van der Waals surface area contributed by atoms with Crippen molar-refractivity contribution in [3.05, 3.63) is 30.0 Å². The summed E-state index contributed by atoms with van der Waals surface area (Å²) >= 11 is 1.78. The fourth-order valence-corrected chi connectivity index (χ4v) is 3.40. The van der Waals surface area contributed by atoms with Gasteiger partial charge in [-0.25, -0.2) is 0 Å². The van der Waals surface area contributed by atoms with E-state index >= 15 is 0 Å². The number of thioether (sulfide) groups is 1. The topological polar surface area (TPSA) is 44.1 Å². The molecule has 1 aliphatic rings. The molecule has 4 nitrogen and oxygen atoms in total. The molecule has 1 aliphatic heterocycles. The van der Waals surface area contributed by atoms with Crippen LogP contribution in [0.3, 0.4) is 0 Å². The van der Waals surface area contributed by atoms with Gasteiger partial charge < -0.3 is 4.74 Å². The van der Waals surface area contributed by atoms with Crippen LogP contribution in [-0.2, 0) is 22.5 Å². The zero-order chi connectivity index (χ0) is 13.9. The molecule has 0 spiro atoms. The summed E-state index contributed by atoms with van der Waals surface area (Å²) in [6.45, 7) is 3.54. The third-order valence-electron chi connectivity index (χ3n) is 3.55. The predicted molar refractivity (Wildman–Crippen MR) is 81.2 cm³/mol. The Morgan fingerprint density at radius 2 is 2.35 bits per heavy atom. The zero-order valence-electron chi connectivity index (χ0n) is 11.5. The SMILES string of the molecule is CCn1nc(CC(=O)C2CSCCO2)c2ccccc21. The number of fused-ring (bicyclic) bond motifs is 1. The van der Waals surface area contributed by atoms with Gasteiger partial charge in [-0.2, -0.15) is 16.9 Å². The highest BCUT2D eigenvalue weighted by atomic mass is 32.2. The van der Waals surface area contributed by atoms with Crippen LogP contribution in [0.15, 0.2) is 24.3 Å². The Balaban J connectivity index is 1.85. The largest absolute Gasteiger partial charge is 0.369 e. The van der Waals surface area contributed by atoms with Gasteiger partial charge in [-0.05, 0) is 13.0 Å². The maximum Gasteiger partial charge on any atom is 0.168 e. The molecular weight excluding hydrogens is 272 g/mol. The van der Waals surface area contributed by atoms with Crippen molar-refractivity contribution in [2.24, 2.45) is 0 Å². The Bertz CT molecular complexity index is 617. The Labute approximate surface area is 122 Å². The number of Topliss-reactive ketones (excluding diaryl/α,β-unsaturated/α-hetero) is 1. The minimum atomic E-state index is -0.265. The van der Waals surface area contributed by atoms with Gasteiger partial charge in [-0.3, -0.25) is 9.48 Å². The number of benzene rings is 1. The highest BCUT2D eigenvalue weighted by molar-refractivity contribution is 7.99. The molecule has 20 heavy (non-hydrogen) atoms. The van der Waals surface area contributed by atoms with Crippen LogP contribution >= 0.6 is 11.8 Å². The molecule has 0 N–H and O–H groups in total. The first-order chi connectivity index (χ1) is 9.79. The summed E-state index contributed by atoms with van der Waals surface area (Å²) < 4.78 is 7.50. The van der Waals surface area contributed by atoms with Gasteiger partial charge in [-0.15, -0.1) is 0 Å². The van der Waals surface area contributed by atoms with Crippen molar-refractivity contribution in [3.8, 4) is 0 Å². The number of hydrogen-bond donors (Lipinski definition) is 0. The van der Waals surface area contributed by atoms with E-state index in [1.165, 1.54) is 0 Å². The lowest BCUT2D eigenvalue weighted by Crippen LogP contribution is -2.32. The van der Waals surface area contributed by atoms with Gasteiger partial charge in [0.15, 0.2) is 5.78 Å². The molecule has 3 rings (SSSR count). The maximum atomic E-state index is 12.3. The third-order valence-corrected chi connectivity index (χ3v) is 4.54. The Kier molecular flexibility index (Phi) is 4.08. The molecule has 106 valence electrons. The van der Waals surface area contributed by atoms with Crippen molar-refractivity contribution in [2.45, 2.75) is 26.0 Å². The molecule has 0 bridgehead atoms. The van der Waals surface area contributed by atoms with E-state index in [1.807, 2.05) is 28.9 Å². The van der Waals surface area contributed by atoms with Crippen LogP contribution in [0.5, 0.6) is 0 Å². The molecule has 1 saturated heterocycles. The number of ketones is 1. The molecule has 0 amide bonds. The highest BCUT2D eigenvalue weighted by Gasteiger charge is 2.24. The van der Waals surface area contributed by atoms with Gasteiger partial charge in [-0.1, -0.05) is 18.2 Å². The lowest BCUT2D eigenvalue weighted by atomic mass is 10.1. The number of rotatable bonds is 4. The van der Waals surface area contributed by atoms with Crippen molar-refractivity contribution in [3.63, 3.8) is 0 Å². The van der Waals surface area contributed by atoms with Gasteiger partial charge in [0, 0.05) is 23.4 Å². The summed E-state index contributed by atoms with van der Waals surface area (Å²) in [5, 5.41) is 5.65. The highest BCUT2D eigenvalue weighted by Crippen LogP contribution is 2.21. The van der Waals surface area contributed by atoms with Crippen molar-refractivity contribution < 1.29 is 9.53 Å². The number of hydrogen-bond acceptors (Lipinski definition) is 4. The Morgan fingerprint density at radius 3 is 3.10 bits per heavy atom. The molecular formula is C15H18N2O2S. The Hall–Kier alpha value is -1.33. The van der Waals surface area contributed by atoms with Crippen molar-refractivity contribution in [1.29, 1.82) is 0 Å². The van der Waals surface area contributed by atoms with Gasteiger partial charge in [0.1, 0.15) is 6.10 Å². The van der Waals surface area contributed by atoms with Gasteiger partial charge in [0.25, 0.3) is 0 Å². The molecule has 1 aromatic heterocycles. The molecule has 5 heteroatoms. The lowest BCUT2D eigenvalue weighted by molar-refractivity contribution is -0.128. The van der Waals surface area contributed by atoms with Gasteiger partial charge in [0.05, 0.1) is 24.2 Å². The molecule has 1 unspecified atom stereocenters. The number of nitrogens with zero attached hydrogens (tertiary/aromatic N) is 2. The van der Waals surface area contributed by atoms with Crippen LogP contribution in [-0.4, -0.2) is 39.8 Å². The van der Waals surface area contributed by atoms with Crippen LogP contribution in [0.2, 0.25) is 0 Å². The number of carbonyl (C=O) groups excluding carboxylic acids is 1. The van der Waals surface area contributed by atoms with E-state index in [0.717, 1.165) is 34.6 Å².